The Bertz CT molecular complexity index is 832. The number of carbonyl (C=O) groups is 1. The van der Waals surface area contributed by atoms with Crippen molar-refractivity contribution in [3.8, 4) is 0 Å². The zero-order valence-corrected chi connectivity index (χ0v) is 14.1. The predicted molar refractivity (Wildman–Crippen MR) is 99.3 cm³/mol. The molecule has 25 heavy (non-hydrogen) atoms. The molecular formula is C20H20N4O. The highest BCUT2D eigenvalue weighted by Gasteiger charge is 2.06. The van der Waals surface area contributed by atoms with Gasteiger partial charge in [-0.1, -0.05) is 30.3 Å². The quantitative estimate of drug-likeness (QED) is 0.724. The van der Waals surface area contributed by atoms with Gasteiger partial charge >= 0.3 is 0 Å². The highest BCUT2D eigenvalue weighted by atomic mass is 16.1. The smallest absolute Gasteiger partial charge is 0.228 e. The minimum absolute atomic E-state index is 0.0507. The summed E-state index contributed by atoms with van der Waals surface area (Å²) in [5.74, 6) is 0.688. The minimum atomic E-state index is -0.0507. The van der Waals surface area contributed by atoms with E-state index in [1.807, 2.05) is 61.5 Å². The van der Waals surface area contributed by atoms with E-state index in [9.17, 15) is 4.79 Å². The van der Waals surface area contributed by atoms with E-state index < -0.39 is 0 Å². The largest absolute Gasteiger partial charge is 0.364 e. The Hall–Kier alpha value is -3.21. The number of hydrogen-bond donors (Lipinski definition) is 2. The lowest BCUT2D eigenvalue weighted by Crippen LogP contribution is -2.15. The van der Waals surface area contributed by atoms with Gasteiger partial charge in [-0.2, -0.15) is 0 Å². The van der Waals surface area contributed by atoms with Crippen molar-refractivity contribution in [1.82, 2.24) is 9.97 Å². The third-order valence-electron chi connectivity index (χ3n) is 3.84. The number of aromatic nitrogens is 2. The van der Waals surface area contributed by atoms with Crippen LogP contribution in [0.15, 0.2) is 67.0 Å². The summed E-state index contributed by atoms with van der Waals surface area (Å²) in [6.07, 6.45) is 3.76. The fourth-order valence-corrected chi connectivity index (χ4v) is 2.44. The molecule has 0 radical (unpaired) electrons. The molecule has 5 nitrogen and oxygen atoms in total. The molecule has 2 N–H and O–H groups in total. The summed E-state index contributed by atoms with van der Waals surface area (Å²) < 4.78 is 0. The highest BCUT2D eigenvalue weighted by Crippen LogP contribution is 2.13. The van der Waals surface area contributed by atoms with Crippen LogP contribution in [0.3, 0.4) is 0 Å². The van der Waals surface area contributed by atoms with Crippen molar-refractivity contribution in [2.24, 2.45) is 0 Å². The van der Waals surface area contributed by atoms with Crippen molar-refractivity contribution < 1.29 is 4.79 Å². The van der Waals surface area contributed by atoms with Crippen LogP contribution < -0.4 is 10.6 Å². The molecular weight excluding hydrogens is 312 g/mol. The Morgan fingerprint density at radius 2 is 1.84 bits per heavy atom. The maximum Gasteiger partial charge on any atom is 0.228 e. The van der Waals surface area contributed by atoms with Crippen molar-refractivity contribution in [3.05, 3.63) is 83.8 Å². The van der Waals surface area contributed by atoms with Crippen LogP contribution in [0.1, 0.15) is 16.8 Å². The average molecular weight is 332 g/mol. The van der Waals surface area contributed by atoms with Gasteiger partial charge in [0.05, 0.1) is 30.5 Å². The molecule has 0 saturated heterocycles. The van der Waals surface area contributed by atoms with Crippen LogP contribution in [0.5, 0.6) is 0 Å². The van der Waals surface area contributed by atoms with Crippen molar-refractivity contribution in [3.63, 3.8) is 0 Å². The number of aryl methyl sites for hydroxylation is 1. The van der Waals surface area contributed by atoms with E-state index in [0.717, 1.165) is 22.6 Å². The van der Waals surface area contributed by atoms with Crippen LogP contribution in [-0.4, -0.2) is 15.9 Å². The van der Waals surface area contributed by atoms with E-state index in [4.69, 9.17) is 0 Å². The van der Waals surface area contributed by atoms with E-state index in [0.29, 0.717) is 18.7 Å². The summed E-state index contributed by atoms with van der Waals surface area (Å²) in [5.41, 5.74) is 3.77. The number of benzene rings is 1. The first-order chi connectivity index (χ1) is 12.2. The first-order valence-electron chi connectivity index (χ1n) is 8.15. The molecule has 126 valence electrons. The van der Waals surface area contributed by atoms with Crippen molar-refractivity contribution in [1.29, 1.82) is 0 Å². The highest BCUT2D eigenvalue weighted by molar-refractivity contribution is 5.92. The van der Waals surface area contributed by atoms with Crippen molar-refractivity contribution >= 4 is 17.4 Å². The Morgan fingerprint density at radius 1 is 1.00 bits per heavy atom. The lowest BCUT2D eigenvalue weighted by molar-refractivity contribution is -0.115. The predicted octanol–water partition coefficient (Wildman–Crippen LogP) is 3.58. The number of nitrogens with zero attached hydrogens (tertiary/aromatic N) is 2. The molecule has 0 atom stereocenters. The summed E-state index contributed by atoms with van der Waals surface area (Å²) in [4.78, 5) is 20.7. The molecule has 5 heteroatoms. The fourth-order valence-electron chi connectivity index (χ4n) is 2.44. The molecule has 0 spiro atoms. The molecule has 2 heterocycles. The molecule has 0 bridgehead atoms. The van der Waals surface area contributed by atoms with Gasteiger partial charge in [-0.3, -0.25) is 9.78 Å². The Morgan fingerprint density at radius 3 is 2.56 bits per heavy atom. The van der Waals surface area contributed by atoms with Gasteiger partial charge in [0.2, 0.25) is 5.91 Å². The number of carbonyl (C=O) groups excluding carboxylic acids is 1. The van der Waals surface area contributed by atoms with Gasteiger partial charge in [-0.25, -0.2) is 4.98 Å². The number of pyridine rings is 2. The Kier molecular flexibility index (Phi) is 5.36. The summed E-state index contributed by atoms with van der Waals surface area (Å²) in [7, 11) is 0. The van der Waals surface area contributed by atoms with Gasteiger partial charge in [0, 0.05) is 6.20 Å². The molecule has 0 saturated carbocycles. The molecule has 0 aliphatic rings. The van der Waals surface area contributed by atoms with Gasteiger partial charge in [-0.15, -0.1) is 0 Å². The molecule has 1 amide bonds. The first kappa shape index (κ1) is 16.6. The molecule has 3 rings (SSSR count). The van der Waals surface area contributed by atoms with E-state index in [2.05, 4.69) is 20.6 Å². The fraction of sp³-hybridized carbons (Fsp3) is 0.150. The van der Waals surface area contributed by atoms with Gasteiger partial charge in [0.15, 0.2) is 0 Å². The van der Waals surface area contributed by atoms with Gasteiger partial charge < -0.3 is 10.6 Å². The van der Waals surface area contributed by atoms with Gasteiger partial charge in [0.1, 0.15) is 5.82 Å². The summed E-state index contributed by atoms with van der Waals surface area (Å²) in [6.45, 7) is 2.61. The van der Waals surface area contributed by atoms with Crippen LogP contribution in [0.2, 0.25) is 0 Å². The van der Waals surface area contributed by atoms with Crippen molar-refractivity contribution in [2.75, 3.05) is 10.6 Å². The lowest BCUT2D eigenvalue weighted by Gasteiger charge is -2.09. The van der Waals surface area contributed by atoms with Gasteiger partial charge in [0.25, 0.3) is 0 Å². The number of nitrogens with one attached hydrogen (secondary N) is 2. The minimum Gasteiger partial charge on any atom is -0.364 e. The van der Waals surface area contributed by atoms with E-state index >= 15 is 0 Å². The van der Waals surface area contributed by atoms with Crippen LogP contribution >= 0.6 is 0 Å². The van der Waals surface area contributed by atoms with Gasteiger partial charge in [-0.05, 0) is 42.3 Å². The maximum absolute atomic E-state index is 12.2. The van der Waals surface area contributed by atoms with Crippen LogP contribution in [-0.2, 0) is 17.8 Å². The molecule has 0 unspecified atom stereocenters. The molecule has 0 aliphatic carbocycles. The Balaban J connectivity index is 1.53. The summed E-state index contributed by atoms with van der Waals surface area (Å²) in [5, 5.41) is 6.08. The second-order valence-corrected chi connectivity index (χ2v) is 5.76. The number of amides is 1. The normalized spacial score (nSPS) is 10.3. The molecule has 3 aromatic rings. The SMILES string of the molecule is Cc1ccccc1CC(=O)Nc1ccc(NCc2ccccn2)nc1. The Labute approximate surface area is 147 Å². The standard InChI is InChI=1S/C20H20N4O/c1-15-6-2-3-7-16(15)12-20(25)24-18-9-10-19(23-14-18)22-13-17-8-4-5-11-21-17/h2-11,14H,12-13H2,1H3,(H,22,23)(H,24,25). The lowest BCUT2D eigenvalue weighted by atomic mass is 10.1. The molecule has 0 aliphatic heterocycles. The van der Waals surface area contributed by atoms with Crippen molar-refractivity contribution in [2.45, 2.75) is 19.9 Å². The first-order valence-corrected chi connectivity index (χ1v) is 8.15. The zero-order chi connectivity index (χ0) is 17.5. The number of rotatable bonds is 6. The van der Waals surface area contributed by atoms with E-state index in [1.165, 1.54) is 0 Å². The second-order valence-electron chi connectivity index (χ2n) is 5.76. The maximum atomic E-state index is 12.2. The summed E-state index contributed by atoms with van der Waals surface area (Å²) >= 11 is 0. The molecule has 1 aromatic carbocycles. The molecule has 2 aromatic heterocycles. The third-order valence-corrected chi connectivity index (χ3v) is 3.84. The number of anilines is 2. The molecule has 0 fully saturated rings. The topological polar surface area (TPSA) is 66.9 Å². The average Bonchev–Trinajstić information content (AvgIpc) is 2.64. The monoisotopic (exact) mass is 332 g/mol. The van der Waals surface area contributed by atoms with E-state index in [1.54, 1.807) is 12.4 Å². The van der Waals surface area contributed by atoms with Crippen LogP contribution in [0, 0.1) is 6.92 Å². The zero-order valence-electron chi connectivity index (χ0n) is 14.1. The van der Waals surface area contributed by atoms with E-state index in [-0.39, 0.29) is 5.91 Å². The third kappa shape index (κ3) is 4.88. The number of hydrogen-bond acceptors (Lipinski definition) is 4. The van der Waals surface area contributed by atoms with Crippen LogP contribution in [0.25, 0.3) is 0 Å². The second kappa shape index (κ2) is 8.06. The van der Waals surface area contributed by atoms with Crippen LogP contribution in [0.4, 0.5) is 11.5 Å². The summed E-state index contributed by atoms with van der Waals surface area (Å²) in [6, 6.07) is 17.4.